The minimum Gasteiger partial charge on any atom is -0.340 e. The molecule has 1 rings (SSSR count). The molecule has 0 bridgehead atoms. The van der Waals surface area contributed by atoms with E-state index < -0.39 is 11.9 Å². The largest absolute Gasteiger partial charge is 0.340 e. The van der Waals surface area contributed by atoms with Crippen LogP contribution in [0.1, 0.15) is 20.3 Å². The first-order valence-corrected chi connectivity index (χ1v) is 3.92. The Morgan fingerprint density at radius 2 is 2.42 bits per heavy atom. The van der Waals surface area contributed by atoms with Gasteiger partial charge in [-0.15, -0.1) is 0 Å². The van der Waals surface area contributed by atoms with Crippen LogP contribution in [0.15, 0.2) is 0 Å². The second-order valence-corrected chi connectivity index (χ2v) is 2.77. The monoisotopic (exact) mass is 172 g/mol. The Morgan fingerprint density at radius 3 is 2.67 bits per heavy atom. The summed E-state index contributed by atoms with van der Waals surface area (Å²) < 4.78 is 10.3. The lowest BCUT2D eigenvalue weighted by molar-refractivity contribution is -0.183. The molecule has 0 unspecified atom stereocenters. The average Bonchev–Trinajstić information content (AvgIpc) is 2.48. The van der Waals surface area contributed by atoms with Crippen molar-refractivity contribution in [3.05, 3.63) is 0 Å². The van der Waals surface area contributed by atoms with Gasteiger partial charge in [0.2, 0.25) is 5.79 Å². The molecular formula is C8H12O4. The van der Waals surface area contributed by atoms with Crippen molar-refractivity contribution in [2.45, 2.75) is 32.2 Å². The number of hydrogen-bond donors (Lipinski definition) is 0. The SMILES string of the molecule is CC[C@]1(C(C)=O)OC[C@@H](C=O)O1. The van der Waals surface area contributed by atoms with Gasteiger partial charge in [-0.05, 0) is 0 Å². The summed E-state index contributed by atoms with van der Waals surface area (Å²) in [6.45, 7) is 3.36. The number of Topliss-reactive ketones (excluding diaryl/α,β-unsaturated/α-hetero) is 1. The number of aldehydes is 1. The fourth-order valence-electron chi connectivity index (χ4n) is 1.22. The number of rotatable bonds is 3. The van der Waals surface area contributed by atoms with Crippen LogP contribution in [0.3, 0.4) is 0 Å². The lowest BCUT2D eigenvalue weighted by Crippen LogP contribution is -2.38. The quantitative estimate of drug-likeness (QED) is 0.574. The molecule has 68 valence electrons. The lowest BCUT2D eigenvalue weighted by Gasteiger charge is -2.22. The number of carbonyl (C=O) groups excluding carboxylic acids is 2. The summed E-state index contributed by atoms with van der Waals surface area (Å²) in [4.78, 5) is 21.4. The van der Waals surface area contributed by atoms with Crippen LogP contribution in [0.4, 0.5) is 0 Å². The summed E-state index contributed by atoms with van der Waals surface area (Å²) in [6, 6.07) is 0. The van der Waals surface area contributed by atoms with E-state index in [0.717, 1.165) is 0 Å². The molecule has 0 spiro atoms. The molecule has 0 aromatic carbocycles. The van der Waals surface area contributed by atoms with Gasteiger partial charge in [-0.25, -0.2) is 0 Å². The summed E-state index contributed by atoms with van der Waals surface area (Å²) in [5, 5.41) is 0. The van der Waals surface area contributed by atoms with E-state index >= 15 is 0 Å². The van der Waals surface area contributed by atoms with Gasteiger partial charge in [0, 0.05) is 13.3 Å². The molecule has 4 nitrogen and oxygen atoms in total. The standard InChI is InChI=1S/C8H12O4/c1-3-8(6(2)10)11-5-7(4-9)12-8/h4,7H,3,5H2,1-2H3/t7-,8+/m1/s1. The van der Waals surface area contributed by atoms with Crippen LogP contribution in [0.5, 0.6) is 0 Å². The van der Waals surface area contributed by atoms with Crippen LogP contribution in [-0.2, 0) is 19.1 Å². The van der Waals surface area contributed by atoms with E-state index in [2.05, 4.69) is 0 Å². The zero-order valence-corrected chi connectivity index (χ0v) is 7.20. The molecule has 1 heterocycles. The van der Waals surface area contributed by atoms with Gasteiger partial charge in [-0.1, -0.05) is 6.92 Å². The van der Waals surface area contributed by atoms with Gasteiger partial charge >= 0.3 is 0 Å². The van der Waals surface area contributed by atoms with Gasteiger partial charge in [0.15, 0.2) is 12.1 Å². The minimum absolute atomic E-state index is 0.178. The lowest BCUT2D eigenvalue weighted by atomic mass is 10.1. The van der Waals surface area contributed by atoms with E-state index in [1.54, 1.807) is 6.92 Å². The Kier molecular flexibility index (Phi) is 2.59. The van der Waals surface area contributed by atoms with Crippen molar-refractivity contribution < 1.29 is 19.1 Å². The highest BCUT2D eigenvalue weighted by atomic mass is 16.7. The molecule has 0 aromatic heterocycles. The second-order valence-electron chi connectivity index (χ2n) is 2.77. The number of hydrogen-bond acceptors (Lipinski definition) is 4. The molecule has 0 radical (unpaired) electrons. The van der Waals surface area contributed by atoms with Gasteiger partial charge < -0.3 is 14.3 Å². The Labute approximate surface area is 70.8 Å². The molecule has 12 heavy (non-hydrogen) atoms. The molecule has 1 saturated heterocycles. The molecule has 0 aliphatic carbocycles. The van der Waals surface area contributed by atoms with E-state index in [9.17, 15) is 9.59 Å². The molecule has 0 aromatic rings. The maximum atomic E-state index is 11.1. The summed E-state index contributed by atoms with van der Waals surface area (Å²) in [6.07, 6.45) is 0.501. The van der Waals surface area contributed by atoms with Crippen LogP contribution in [0, 0.1) is 0 Å². The predicted molar refractivity (Wildman–Crippen MR) is 40.6 cm³/mol. The van der Waals surface area contributed by atoms with Crippen LogP contribution >= 0.6 is 0 Å². The number of ether oxygens (including phenoxy) is 2. The van der Waals surface area contributed by atoms with E-state index in [4.69, 9.17) is 9.47 Å². The van der Waals surface area contributed by atoms with Crippen LogP contribution in [-0.4, -0.2) is 30.6 Å². The molecule has 4 heteroatoms. The number of ketones is 1. The Balaban J connectivity index is 2.72. The van der Waals surface area contributed by atoms with Crippen LogP contribution in [0.25, 0.3) is 0 Å². The smallest absolute Gasteiger partial charge is 0.229 e. The first kappa shape index (κ1) is 9.35. The van der Waals surface area contributed by atoms with Gasteiger partial charge in [0.1, 0.15) is 6.10 Å². The van der Waals surface area contributed by atoms with E-state index in [0.29, 0.717) is 12.7 Å². The van der Waals surface area contributed by atoms with Crippen LogP contribution in [0.2, 0.25) is 0 Å². The third-order valence-electron chi connectivity index (χ3n) is 1.98. The first-order chi connectivity index (χ1) is 5.64. The maximum Gasteiger partial charge on any atom is 0.229 e. The molecule has 1 aliphatic rings. The van der Waals surface area contributed by atoms with E-state index in [1.165, 1.54) is 6.92 Å². The van der Waals surface area contributed by atoms with Crippen molar-refractivity contribution >= 4 is 12.1 Å². The predicted octanol–water partition coefficient (Wildman–Crippen LogP) is 0.296. The fraction of sp³-hybridized carbons (Fsp3) is 0.750. The van der Waals surface area contributed by atoms with E-state index in [1.807, 2.05) is 0 Å². The second kappa shape index (κ2) is 3.33. The van der Waals surface area contributed by atoms with E-state index in [-0.39, 0.29) is 12.4 Å². The summed E-state index contributed by atoms with van der Waals surface area (Å²) in [7, 11) is 0. The molecule has 1 fully saturated rings. The number of carbonyl (C=O) groups is 2. The normalized spacial score (nSPS) is 35.0. The minimum atomic E-state index is -1.16. The van der Waals surface area contributed by atoms with Gasteiger partial charge in [-0.3, -0.25) is 4.79 Å². The van der Waals surface area contributed by atoms with Crippen molar-refractivity contribution in [3.8, 4) is 0 Å². The van der Waals surface area contributed by atoms with Crippen molar-refractivity contribution in [2.75, 3.05) is 6.61 Å². The highest BCUT2D eigenvalue weighted by molar-refractivity contribution is 5.84. The summed E-state index contributed by atoms with van der Waals surface area (Å²) in [5.74, 6) is -1.35. The molecule has 2 atom stereocenters. The van der Waals surface area contributed by atoms with Crippen molar-refractivity contribution in [2.24, 2.45) is 0 Å². The Hall–Kier alpha value is -0.740. The molecule has 0 saturated carbocycles. The molecular weight excluding hydrogens is 160 g/mol. The van der Waals surface area contributed by atoms with Crippen molar-refractivity contribution in [1.82, 2.24) is 0 Å². The highest BCUT2D eigenvalue weighted by Crippen LogP contribution is 2.27. The third-order valence-corrected chi connectivity index (χ3v) is 1.98. The van der Waals surface area contributed by atoms with Gasteiger partial charge in [0.05, 0.1) is 6.61 Å². The zero-order chi connectivity index (χ0) is 9.19. The highest BCUT2D eigenvalue weighted by Gasteiger charge is 2.44. The first-order valence-electron chi connectivity index (χ1n) is 3.92. The summed E-state index contributed by atoms with van der Waals surface area (Å²) >= 11 is 0. The van der Waals surface area contributed by atoms with Crippen LogP contribution < -0.4 is 0 Å². The third kappa shape index (κ3) is 1.40. The molecule has 1 aliphatic heterocycles. The van der Waals surface area contributed by atoms with Crippen molar-refractivity contribution in [1.29, 1.82) is 0 Å². The fourth-order valence-corrected chi connectivity index (χ4v) is 1.22. The maximum absolute atomic E-state index is 11.1. The molecule has 0 amide bonds. The molecule has 0 N–H and O–H groups in total. The average molecular weight is 172 g/mol. The Bertz CT molecular complexity index is 201. The topological polar surface area (TPSA) is 52.6 Å². The van der Waals surface area contributed by atoms with Gasteiger partial charge in [-0.2, -0.15) is 0 Å². The Morgan fingerprint density at radius 1 is 1.75 bits per heavy atom. The zero-order valence-electron chi connectivity index (χ0n) is 7.20. The summed E-state index contributed by atoms with van der Waals surface area (Å²) in [5.41, 5.74) is 0. The van der Waals surface area contributed by atoms with Gasteiger partial charge in [0.25, 0.3) is 0 Å². The van der Waals surface area contributed by atoms with Crippen molar-refractivity contribution in [3.63, 3.8) is 0 Å².